The largest absolute Gasteiger partial charge is 0.496 e. The Labute approximate surface area is 99.3 Å². The third-order valence-electron chi connectivity index (χ3n) is 2.04. The van der Waals surface area contributed by atoms with Crippen molar-refractivity contribution in [3.8, 4) is 5.75 Å². The number of hydrogen-bond acceptors (Lipinski definition) is 2. The number of carboxylic acid groups (broad SMARTS) is 1. The Hall–Kier alpha value is -2.05. The highest BCUT2D eigenvalue weighted by Gasteiger charge is 2.38. The molecule has 0 amide bonds. The number of carbonyl (C=O) groups is 1. The Balaban J connectivity index is 3.39. The van der Waals surface area contributed by atoms with Crippen LogP contribution in [0.4, 0.5) is 17.6 Å². The third kappa shape index (κ3) is 2.99. The van der Waals surface area contributed by atoms with Crippen molar-refractivity contribution in [2.75, 3.05) is 7.11 Å². The fourth-order valence-corrected chi connectivity index (χ4v) is 1.30. The van der Waals surface area contributed by atoms with Gasteiger partial charge in [-0.05, 0) is 18.2 Å². The molecule has 0 spiro atoms. The van der Waals surface area contributed by atoms with Gasteiger partial charge in [-0.2, -0.15) is 13.2 Å². The molecule has 0 radical (unpaired) electrons. The van der Waals surface area contributed by atoms with E-state index in [-0.39, 0.29) is 0 Å². The lowest BCUT2D eigenvalue weighted by molar-refractivity contribution is -0.141. The van der Waals surface area contributed by atoms with E-state index in [0.717, 1.165) is 25.3 Å². The van der Waals surface area contributed by atoms with Crippen LogP contribution >= 0.6 is 0 Å². The Morgan fingerprint density at radius 3 is 2.44 bits per heavy atom. The van der Waals surface area contributed by atoms with E-state index < -0.39 is 34.8 Å². The molecule has 0 atom stereocenters. The van der Waals surface area contributed by atoms with Crippen molar-refractivity contribution in [2.45, 2.75) is 6.18 Å². The highest BCUT2D eigenvalue weighted by Crippen LogP contribution is 2.39. The molecule has 0 aliphatic carbocycles. The van der Waals surface area contributed by atoms with Crippen LogP contribution < -0.4 is 4.74 Å². The number of rotatable bonds is 3. The van der Waals surface area contributed by atoms with E-state index >= 15 is 0 Å². The van der Waals surface area contributed by atoms with E-state index in [1.165, 1.54) is 0 Å². The zero-order valence-electron chi connectivity index (χ0n) is 9.08. The first-order valence-electron chi connectivity index (χ1n) is 4.62. The van der Waals surface area contributed by atoms with Crippen LogP contribution in [0.3, 0.4) is 0 Å². The molecule has 1 rings (SSSR count). The minimum Gasteiger partial charge on any atom is -0.496 e. The lowest BCUT2D eigenvalue weighted by atomic mass is 10.1. The molecule has 0 unspecified atom stereocenters. The second-order valence-corrected chi connectivity index (χ2v) is 3.22. The molecule has 0 aromatic heterocycles. The number of carboxylic acids is 1. The lowest BCUT2D eigenvalue weighted by Gasteiger charge is -2.13. The number of aliphatic carboxylic acids is 1. The summed E-state index contributed by atoms with van der Waals surface area (Å²) in [5.41, 5.74) is -2.04. The monoisotopic (exact) mass is 264 g/mol. The number of hydrogen-bond donors (Lipinski definition) is 1. The third-order valence-corrected chi connectivity index (χ3v) is 2.04. The van der Waals surface area contributed by atoms with Gasteiger partial charge >= 0.3 is 12.1 Å². The molecule has 0 aliphatic rings. The first-order chi connectivity index (χ1) is 8.27. The SMILES string of the molecule is COc1ccc(C=CC(=O)O)c(F)c1C(F)(F)F. The average Bonchev–Trinajstić information content (AvgIpc) is 2.24. The quantitative estimate of drug-likeness (QED) is 0.674. The van der Waals surface area contributed by atoms with Crippen molar-refractivity contribution in [1.29, 1.82) is 0 Å². The number of benzene rings is 1. The standard InChI is InChI=1S/C11H8F4O3/c1-18-7-4-2-6(3-5-8(16)17)10(12)9(7)11(13,14)15/h2-5H,1H3,(H,16,17). The number of methoxy groups -OCH3 is 1. The summed E-state index contributed by atoms with van der Waals surface area (Å²) >= 11 is 0. The molecular weight excluding hydrogens is 256 g/mol. The maximum atomic E-state index is 13.6. The van der Waals surface area contributed by atoms with Gasteiger partial charge in [-0.1, -0.05) is 0 Å². The smallest absolute Gasteiger partial charge is 0.422 e. The van der Waals surface area contributed by atoms with E-state index in [1.54, 1.807) is 0 Å². The average molecular weight is 264 g/mol. The maximum absolute atomic E-state index is 13.6. The normalized spacial score (nSPS) is 11.8. The summed E-state index contributed by atoms with van der Waals surface area (Å²) in [5, 5.41) is 8.34. The van der Waals surface area contributed by atoms with Gasteiger partial charge < -0.3 is 9.84 Å². The molecule has 0 aliphatic heterocycles. The molecule has 0 bridgehead atoms. The van der Waals surface area contributed by atoms with Gasteiger partial charge in [0.15, 0.2) is 0 Å². The van der Waals surface area contributed by atoms with E-state index in [1.807, 2.05) is 0 Å². The molecule has 1 N–H and O–H groups in total. The van der Waals surface area contributed by atoms with Crippen LogP contribution in [0.5, 0.6) is 5.75 Å². The molecular formula is C11H8F4O3. The minimum atomic E-state index is -4.93. The Morgan fingerprint density at radius 2 is 2.00 bits per heavy atom. The van der Waals surface area contributed by atoms with Crippen molar-refractivity contribution in [3.63, 3.8) is 0 Å². The number of alkyl halides is 3. The summed E-state index contributed by atoms with van der Waals surface area (Å²) in [6, 6.07) is 1.93. The zero-order chi connectivity index (χ0) is 13.9. The maximum Gasteiger partial charge on any atom is 0.422 e. The predicted octanol–water partition coefficient (Wildman–Crippen LogP) is 2.95. The lowest BCUT2D eigenvalue weighted by Crippen LogP contribution is -2.11. The topological polar surface area (TPSA) is 46.5 Å². The van der Waals surface area contributed by atoms with E-state index in [0.29, 0.717) is 6.08 Å². The minimum absolute atomic E-state index is 0.481. The van der Waals surface area contributed by atoms with Crippen LogP contribution in [0.1, 0.15) is 11.1 Å². The first-order valence-corrected chi connectivity index (χ1v) is 4.62. The molecule has 1 aromatic rings. The van der Waals surface area contributed by atoms with Crippen LogP contribution in [0.25, 0.3) is 6.08 Å². The van der Waals surface area contributed by atoms with Gasteiger partial charge in [0.1, 0.15) is 17.1 Å². The first kappa shape index (κ1) is 14.0. The van der Waals surface area contributed by atoms with Crippen molar-refractivity contribution < 1.29 is 32.2 Å². The second kappa shape index (κ2) is 5.07. The summed E-state index contributed by atoms with van der Waals surface area (Å²) in [5.74, 6) is -3.62. The summed E-state index contributed by atoms with van der Waals surface area (Å²) in [7, 11) is 0.983. The van der Waals surface area contributed by atoms with Crippen molar-refractivity contribution in [2.24, 2.45) is 0 Å². The highest BCUT2D eigenvalue weighted by molar-refractivity contribution is 5.85. The van der Waals surface area contributed by atoms with Gasteiger partial charge in [-0.3, -0.25) is 0 Å². The zero-order valence-corrected chi connectivity index (χ0v) is 9.08. The molecule has 3 nitrogen and oxygen atoms in total. The van der Waals surface area contributed by atoms with Gasteiger partial charge in [0.25, 0.3) is 0 Å². The molecule has 7 heteroatoms. The molecule has 18 heavy (non-hydrogen) atoms. The van der Waals surface area contributed by atoms with Crippen LogP contribution in [-0.2, 0) is 11.0 Å². The van der Waals surface area contributed by atoms with E-state index in [2.05, 4.69) is 4.74 Å². The highest BCUT2D eigenvalue weighted by atomic mass is 19.4. The summed E-state index contributed by atoms with van der Waals surface area (Å²) in [6.45, 7) is 0. The van der Waals surface area contributed by atoms with E-state index in [4.69, 9.17) is 5.11 Å². The van der Waals surface area contributed by atoms with Crippen molar-refractivity contribution >= 4 is 12.0 Å². The Kier molecular flexibility index (Phi) is 3.95. The summed E-state index contributed by atoms with van der Waals surface area (Å²) in [4.78, 5) is 10.2. The molecule has 1 aromatic carbocycles. The molecule has 0 saturated carbocycles. The fourth-order valence-electron chi connectivity index (χ4n) is 1.30. The number of halogens is 4. The predicted molar refractivity (Wildman–Crippen MR) is 54.6 cm³/mol. The molecule has 0 saturated heterocycles. The van der Waals surface area contributed by atoms with Crippen LogP contribution in [0.15, 0.2) is 18.2 Å². The van der Waals surface area contributed by atoms with Gasteiger partial charge in [0, 0.05) is 11.6 Å². The van der Waals surface area contributed by atoms with Gasteiger partial charge in [0.2, 0.25) is 0 Å². The fraction of sp³-hybridized carbons (Fsp3) is 0.182. The Morgan fingerprint density at radius 1 is 1.39 bits per heavy atom. The van der Waals surface area contributed by atoms with Crippen LogP contribution in [0, 0.1) is 5.82 Å². The summed E-state index contributed by atoms with van der Waals surface area (Å²) in [6.07, 6.45) is -3.64. The van der Waals surface area contributed by atoms with Gasteiger partial charge in [0.05, 0.1) is 7.11 Å². The van der Waals surface area contributed by atoms with Crippen molar-refractivity contribution in [3.05, 3.63) is 35.2 Å². The van der Waals surface area contributed by atoms with Crippen LogP contribution in [0.2, 0.25) is 0 Å². The second-order valence-electron chi connectivity index (χ2n) is 3.22. The molecule has 98 valence electrons. The number of ether oxygens (including phenoxy) is 1. The Bertz CT molecular complexity index is 492. The van der Waals surface area contributed by atoms with Crippen molar-refractivity contribution in [1.82, 2.24) is 0 Å². The molecule has 0 heterocycles. The van der Waals surface area contributed by atoms with Crippen LogP contribution in [-0.4, -0.2) is 18.2 Å². The van der Waals surface area contributed by atoms with Gasteiger partial charge in [-0.15, -0.1) is 0 Å². The van der Waals surface area contributed by atoms with Gasteiger partial charge in [-0.25, -0.2) is 9.18 Å². The van der Waals surface area contributed by atoms with E-state index in [9.17, 15) is 22.4 Å². The molecule has 0 fully saturated rings. The summed E-state index contributed by atoms with van der Waals surface area (Å²) < 4.78 is 55.9.